The molecule has 1 aliphatic heterocycles. The maximum atomic E-state index is 12.1. The van der Waals surface area contributed by atoms with Crippen LogP contribution in [0.2, 0.25) is 0 Å². The van der Waals surface area contributed by atoms with Gasteiger partial charge < -0.3 is 15.8 Å². The fourth-order valence-corrected chi connectivity index (χ4v) is 2.95. The van der Waals surface area contributed by atoms with Gasteiger partial charge in [0.1, 0.15) is 5.54 Å². The quantitative estimate of drug-likeness (QED) is 0.704. The first-order valence-corrected chi connectivity index (χ1v) is 8.07. The molecule has 1 aromatic carbocycles. The molecule has 1 atom stereocenters. The number of anilines is 1. The van der Waals surface area contributed by atoms with E-state index >= 15 is 0 Å². The van der Waals surface area contributed by atoms with Gasteiger partial charge in [0.05, 0.1) is 17.2 Å². The highest BCUT2D eigenvalue weighted by Crippen LogP contribution is 2.27. The molecule has 1 aromatic rings. The minimum absolute atomic E-state index is 0.0472. The molecule has 1 amide bonds. The molecule has 1 aliphatic rings. The third-order valence-electron chi connectivity index (χ3n) is 3.02. The monoisotopic (exact) mass is 363 g/mol. The van der Waals surface area contributed by atoms with E-state index in [1.807, 2.05) is 0 Å². The summed E-state index contributed by atoms with van der Waals surface area (Å²) in [6.45, 7) is 0.598. The molecule has 0 spiro atoms. The second-order valence-electron chi connectivity index (χ2n) is 4.60. The predicted molar refractivity (Wildman–Crippen MR) is 76.5 cm³/mol. The van der Waals surface area contributed by atoms with Crippen molar-refractivity contribution in [3.63, 3.8) is 0 Å². The number of nitrogens with two attached hydrogens (primary N) is 2. The van der Waals surface area contributed by atoms with Crippen LogP contribution in [-0.2, 0) is 19.6 Å². The van der Waals surface area contributed by atoms with E-state index in [1.54, 1.807) is 0 Å². The Morgan fingerprint density at radius 2 is 2.15 bits per heavy atom. The van der Waals surface area contributed by atoms with Crippen LogP contribution in [0, 0.1) is 0 Å². The van der Waals surface area contributed by atoms with E-state index < -0.39 is 15.6 Å². The molecular formula is C11H14BrN3O4S. The van der Waals surface area contributed by atoms with Crippen LogP contribution in [0.25, 0.3) is 0 Å². The van der Waals surface area contributed by atoms with Crippen molar-refractivity contribution >= 4 is 37.5 Å². The van der Waals surface area contributed by atoms with Crippen LogP contribution in [0.1, 0.15) is 6.42 Å². The highest BCUT2D eigenvalue weighted by molar-refractivity contribution is 9.10. The molecule has 0 bridgehead atoms. The van der Waals surface area contributed by atoms with E-state index in [-0.39, 0.29) is 17.4 Å². The van der Waals surface area contributed by atoms with Crippen molar-refractivity contribution in [1.29, 1.82) is 0 Å². The first kappa shape index (κ1) is 15.4. The van der Waals surface area contributed by atoms with Crippen molar-refractivity contribution in [2.45, 2.75) is 16.9 Å². The number of carbonyl (C=O) groups excluding carboxylic acids is 1. The third kappa shape index (κ3) is 3.18. The molecule has 0 aromatic heterocycles. The molecule has 5 N–H and O–H groups in total. The second-order valence-corrected chi connectivity index (χ2v) is 7.02. The van der Waals surface area contributed by atoms with Gasteiger partial charge in [0.25, 0.3) is 0 Å². The van der Waals surface area contributed by atoms with Crippen molar-refractivity contribution < 1.29 is 17.9 Å². The van der Waals surface area contributed by atoms with Crippen LogP contribution in [0.5, 0.6) is 0 Å². The second kappa shape index (κ2) is 5.41. The lowest BCUT2D eigenvalue weighted by atomic mass is 9.99. The zero-order valence-electron chi connectivity index (χ0n) is 10.4. The molecule has 20 heavy (non-hydrogen) atoms. The fraction of sp³-hybridized carbons (Fsp3) is 0.364. The normalized spacial score (nSPS) is 22.8. The lowest BCUT2D eigenvalue weighted by molar-refractivity contribution is -0.121. The molecule has 9 heteroatoms. The number of sulfonamides is 1. The van der Waals surface area contributed by atoms with Crippen LogP contribution in [0.3, 0.4) is 0 Å². The number of rotatable bonds is 3. The van der Waals surface area contributed by atoms with Crippen LogP contribution in [0.4, 0.5) is 5.69 Å². The van der Waals surface area contributed by atoms with Crippen LogP contribution >= 0.6 is 15.9 Å². The van der Waals surface area contributed by atoms with Crippen LogP contribution in [-0.4, -0.2) is 33.1 Å². The van der Waals surface area contributed by atoms with Gasteiger partial charge in [0, 0.05) is 11.1 Å². The average molecular weight is 364 g/mol. The van der Waals surface area contributed by atoms with Crippen LogP contribution in [0.15, 0.2) is 27.6 Å². The summed E-state index contributed by atoms with van der Waals surface area (Å²) in [6, 6.07) is 4.07. The number of hydrogen-bond donors (Lipinski definition) is 3. The zero-order chi connectivity index (χ0) is 15.0. The van der Waals surface area contributed by atoms with E-state index in [0.717, 1.165) is 0 Å². The average Bonchev–Trinajstić information content (AvgIpc) is 2.78. The highest BCUT2D eigenvalue weighted by atomic mass is 79.9. The van der Waals surface area contributed by atoms with Crippen molar-refractivity contribution in [2.75, 3.05) is 18.5 Å². The standard InChI is InChI=1S/C11H14BrN3O4S/c12-8-5-7(20(14,17)18)1-2-9(8)15-10(16)11(13)3-4-19-6-11/h1-2,5H,3-4,6,13H2,(H,15,16)(H2,14,17,18). The molecule has 1 fully saturated rings. The zero-order valence-corrected chi connectivity index (χ0v) is 12.8. The van der Waals surface area contributed by atoms with Gasteiger partial charge >= 0.3 is 0 Å². The molecule has 1 heterocycles. The van der Waals surface area contributed by atoms with Gasteiger partial charge in [-0.25, -0.2) is 13.6 Å². The maximum absolute atomic E-state index is 12.1. The molecule has 7 nitrogen and oxygen atoms in total. The number of hydrogen-bond acceptors (Lipinski definition) is 5. The summed E-state index contributed by atoms with van der Waals surface area (Å²) < 4.78 is 27.9. The number of carbonyl (C=O) groups is 1. The number of halogens is 1. The first-order chi connectivity index (χ1) is 9.22. The molecule has 0 aliphatic carbocycles. The lowest BCUT2D eigenvalue weighted by Gasteiger charge is -2.21. The maximum Gasteiger partial charge on any atom is 0.246 e. The van der Waals surface area contributed by atoms with E-state index in [2.05, 4.69) is 21.2 Å². The van der Waals surface area contributed by atoms with Gasteiger partial charge in [-0.2, -0.15) is 0 Å². The molecule has 1 unspecified atom stereocenters. The van der Waals surface area contributed by atoms with E-state index in [1.165, 1.54) is 18.2 Å². The van der Waals surface area contributed by atoms with Gasteiger partial charge in [-0.15, -0.1) is 0 Å². The van der Waals surface area contributed by atoms with Crippen molar-refractivity contribution in [3.8, 4) is 0 Å². The Hall–Kier alpha value is -1.00. The first-order valence-electron chi connectivity index (χ1n) is 5.73. The largest absolute Gasteiger partial charge is 0.379 e. The summed E-state index contributed by atoms with van der Waals surface area (Å²) in [7, 11) is -3.79. The van der Waals surface area contributed by atoms with Gasteiger partial charge in [0.15, 0.2) is 0 Å². The number of amides is 1. The number of nitrogens with one attached hydrogen (secondary N) is 1. The minimum Gasteiger partial charge on any atom is -0.379 e. The van der Waals surface area contributed by atoms with Gasteiger partial charge in [-0.3, -0.25) is 4.79 Å². The van der Waals surface area contributed by atoms with Crippen molar-refractivity contribution in [3.05, 3.63) is 22.7 Å². The molecule has 0 radical (unpaired) electrons. The SMILES string of the molecule is NC1(C(=O)Nc2ccc(S(N)(=O)=O)cc2Br)CCOC1. The number of benzene rings is 1. The summed E-state index contributed by atoms with van der Waals surface area (Å²) >= 11 is 3.19. The summed E-state index contributed by atoms with van der Waals surface area (Å²) in [5, 5.41) is 7.67. The van der Waals surface area contributed by atoms with Gasteiger partial charge in [0.2, 0.25) is 15.9 Å². The van der Waals surface area contributed by atoms with E-state index in [9.17, 15) is 13.2 Å². The van der Waals surface area contributed by atoms with Crippen molar-refractivity contribution in [1.82, 2.24) is 0 Å². The third-order valence-corrected chi connectivity index (χ3v) is 4.59. The van der Waals surface area contributed by atoms with Crippen LogP contribution < -0.4 is 16.2 Å². The molecule has 2 rings (SSSR count). The van der Waals surface area contributed by atoms with E-state index in [0.29, 0.717) is 23.2 Å². The number of ether oxygens (including phenoxy) is 1. The lowest BCUT2D eigenvalue weighted by Crippen LogP contribution is -2.51. The highest BCUT2D eigenvalue weighted by Gasteiger charge is 2.38. The molecule has 0 saturated carbocycles. The predicted octanol–water partition coefficient (Wildman–Crippen LogP) is 0.153. The Labute approximate surface area is 124 Å². The van der Waals surface area contributed by atoms with E-state index in [4.69, 9.17) is 15.6 Å². The molecule has 1 saturated heterocycles. The number of primary sulfonamides is 1. The minimum atomic E-state index is -3.79. The van der Waals surface area contributed by atoms with Gasteiger partial charge in [-0.1, -0.05) is 0 Å². The smallest absolute Gasteiger partial charge is 0.246 e. The summed E-state index contributed by atoms with van der Waals surface area (Å²) in [5.74, 6) is -0.376. The molecule has 110 valence electrons. The topological polar surface area (TPSA) is 125 Å². The Bertz CT molecular complexity index is 641. The Kier molecular flexibility index (Phi) is 4.17. The summed E-state index contributed by atoms with van der Waals surface area (Å²) in [4.78, 5) is 12.0. The molecular weight excluding hydrogens is 350 g/mol. The Morgan fingerprint density at radius 3 is 2.65 bits per heavy atom. The van der Waals surface area contributed by atoms with Gasteiger partial charge in [-0.05, 0) is 40.5 Å². The fourth-order valence-electron chi connectivity index (χ4n) is 1.78. The Morgan fingerprint density at radius 1 is 1.45 bits per heavy atom. The Balaban J connectivity index is 2.20. The summed E-state index contributed by atoms with van der Waals surface area (Å²) in [5.41, 5.74) is 5.29. The summed E-state index contributed by atoms with van der Waals surface area (Å²) in [6.07, 6.45) is 0.436. The van der Waals surface area contributed by atoms with Crippen molar-refractivity contribution in [2.24, 2.45) is 10.9 Å².